The minimum Gasteiger partial charge on any atom is -0.383 e. The highest BCUT2D eigenvalue weighted by Crippen LogP contribution is 2.32. The third-order valence-corrected chi connectivity index (χ3v) is 3.74. The summed E-state index contributed by atoms with van der Waals surface area (Å²) in [7, 11) is 1.63. The molecule has 2 atom stereocenters. The van der Waals surface area contributed by atoms with Gasteiger partial charge in [-0.2, -0.15) is 0 Å². The number of likely N-dealkylation sites (tertiary alicyclic amines) is 1. The number of methoxy groups -OCH3 is 1. The monoisotopic (exact) mass is 255 g/mol. The van der Waals surface area contributed by atoms with Gasteiger partial charge < -0.3 is 15.4 Å². The van der Waals surface area contributed by atoms with E-state index in [0.29, 0.717) is 19.6 Å². The molecule has 1 aromatic rings. The van der Waals surface area contributed by atoms with E-state index in [9.17, 15) is 4.79 Å². The zero-order chi connectivity index (χ0) is 12.4. The maximum atomic E-state index is 11.8. The smallest absolute Gasteiger partial charge is 0.224 e. The van der Waals surface area contributed by atoms with Crippen molar-refractivity contribution in [1.29, 1.82) is 0 Å². The molecular formula is C11H17N3O2S. The summed E-state index contributed by atoms with van der Waals surface area (Å²) in [5.41, 5.74) is 6.94. The number of carbonyl (C=O) groups excluding carboxylic acids is 1. The van der Waals surface area contributed by atoms with Crippen molar-refractivity contribution in [2.45, 2.75) is 25.4 Å². The zero-order valence-electron chi connectivity index (χ0n) is 10.0. The van der Waals surface area contributed by atoms with Crippen LogP contribution in [0, 0.1) is 6.92 Å². The number of amides is 1. The predicted molar refractivity (Wildman–Crippen MR) is 65.8 cm³/mol. The van der Waals surface area contributed by atoms with Gasteiger partial charge in [-0.1, -0.05) is 0 Å². The number of nitrogens with two attached hydrogens (primary N) is 1. The number of hydrogen-bond donors (Lipinski definition) is 1. The van der Waals surface area contributed by atoms with Crippen LogP contribution in [0.5, 0.6) is 0 Å². The van der Waals surface area contributed by atoms with Crippen LogP contribution in [0.25, 0.3) is 0 Å². The summed E-state index contributed by atoms with van der Waals surface area (Å²) in [6.07, 6.45) is 0.394. The number of nitrogens with zero attached hydrogens (tertiary/aromatic N) is 2. The van der Waals surface area contributed by atoms with E-state index in [-0.39, 0.29) is 18.0 Å². The third-order valence-electron chi connectivity index (χ3n) is 2.95. The van der Waals surface area contributed by atoms with E-state index < -0.39 is 0 Å². The molecule has 1 aliphatic heterocycles. The van der Waals surface area contributed by atoms with Crippen LogP contribution in [0.1, 0.15) is 23.2 Å². The Morgan fingerprint density at radius 2 is 2.47 bits per heavy atom. The average Bonchev–Trinajstić information content (AvgIpc) is 2.80. The Labute approximate surface area is 105 Å². The minimum atomic E-state index is -0.166. The first-order valence-electron chi connectivity index (χ1n) is 5.59. The van der Waals surface area contributed by atoms with E-state index in [4.69, 9.17) is 10.5 Å². The van der Waals surface area contributed by atoms with Crippen molar-refractivity contribution in [3.63, 3.8) is 0 Å². The van der Waals surface area contributed by atoms with Gasteiger partial charge in [0.1, 0.15) is 0 Å². The molecule has 2 unspecified atom stereocenters. The quantitative estimate of drug-likeness (QED) is 0.860. The number of ether oxygens (including phenoxy) is 1. The first-order chi connectivity index (χ1) is 8.13. The van der Waals surface area contributed by atoms with Crippen LogP contribution in [0.4, 0.5) is 0 Å². The normalized spacial score (nSPS) is 24.6. The van der Waals surface area contributed by atoms with Crippen LogP contribution in [0.3, 0.4) is 0 Å². The Morgan fingerprint density at radius 3 is 3.06 bits per heavy atom. The summed E-state index contributed by atoms with van der Waals surface area (Å²) >= 11 is 1.58. The summed E-state index contributed by atoms with van der Waals surface area (Å²) in [5.74, 6) is 0.0882. The number of hydrogen-bond acceptors (Lipinski definition) is 5. The van der Waals surface area contributed by atoms with Gasteiger partial charge in [0.2, 0.25) is 5.91 Å². The van der Waals surface area contributed by atoms with Crippen molar-refractivity contribution in [2.24, 2.45) is 5.73 Å². The Bertz CT molecular complexity index is 407. The topological polar surface area (TPSA) is 68.5 Å². The molecule has 6 heteroatoms. The van der Waals surface area contributed by atoms with Crippen LogP contribution in [-0.2, 0) is 9.53 Å². The number of thiazole rings is 1. The average molecular weight is 255 g/mol. The Hall–Kier alpha value is -0.980. The number of carbonyl (C=O) groups is 1. The fraction of sp³-hybridized carbons (Fsp3) is 0.636. The largest absolute Gasteiger partial charge is 0.383 e. The molecule has 0 aliphatic carbocycles. The standard InChI is InChI=1S/C11H17N3O2S/c1-7-13-9(6-17-7)11-8(12)5-10(15)14(11)3-4-16-2/h6,8,11H,3-5,12H2,1-2H3. The highest BCUT2D eigenvalue weighted by molar-refractivity contribution is 7.09. The van der Waals surface area contributed by atoms with E-state index in [1.165, 1.54) is 0 Å². The first-order valence-corrected chi connectivity index (χ1v) is 6.47. The van der Waals surface area contributed by atoms with Gasteiger partial charge in [-0.25, -0.2) is 4.98 Å². The summed E-state index contributed by atoms with van der Waals surface area (Å²) in [6.45, 7) is 3.05. The summed E-state index contributed by atoms with van der Waals surface area (Å²) in [5, 5.41) is 2.98. The fourth-order valence-corrected chi connectivity index (χ4v) is 2.81. The molecule has 2 heterocycles. The molecule has 1 aliphatic rings. The van der Waals surface area contributed by atoms with Crippen molar-refractivity contribution in [3.8, 4) is 0 Å². The molecule has 1 saturated heterocycles. The highest BCUT2D eigenvalue weighted by atomic mass is 32.1. The summed E-state index contributed by atoms with van der Waals surface area (Å²) in [6, 6.07) is -0.261. The van der Waals surface area contributed by atoms with Gasteiger partial charge >= 0.3 is 0 Å². The minimum absolute atomic E-state index is 0.0882. The first kappa shape index (κ1) is 12.5. The number of aromatic nitrogens is 1. The van der Waals surface area contributed by atoms with Crippen molar-refractivity contribution in [3.05, 3.63) is 16.1 Å². The lowest BCUT2D eigenvalue weighted by Crippen LogP contribution is -2.35. The van der Waals surface area contributed by atoms with Gasteiger partial charge in [-0.05, 0) is 6.92 Å². The van der Waals surface area contributed by atoms with Gasteiger partial charge in [-0.3, -0.25) is 4.79 Å². The van der Waals surface area contributed by atoms with E-state index in [1.54, 1.807) is 23.3 Å². The molecule has 1 amide bonds. The molecule has 2 rings (SSSR count). The maximum Gasteiger partial charge on any atom is 0.224 e. The molecule has 1 aromatic heterocycles. The van der Waals surface area contributed by atoms with E-state index in [0.717, 1.165) is 10.7 Å². The van der Waals surface area contributed by atoms with Crippen molar-refractivity contribution < 1.29 is 9.53 Å². The molecule has 0 spiro atoms. The van der Waals surface area contributed by atoms with Crippen molar-refractivity contribution >= 4 is 17.2 Å². The second-order valence-electron chi connectivity index (χ2n) is 4.18. The van der Waals surface area contributed by atoms with Crippen LogP contribution in [0.15, 0.2) is 5.38 Å². The molecule has 0 saturated carbocycles. The van der Waals surface area contributed by atoms with Crippen LogP contribution < -0.4 is 5.73 Å². The lowest BCUT2D eigenvalue weighted by Gasteiger charge is -2.25. The van der Waals surface area contributed by atoms with E-state index in [1.807, 2.05) is 12.3 Å². The highest BCUT2D eigenvalue weighted by Gasteiger charge is 2.39. The molecule has 0 radical (unpaired) electrons. The second-order valence-corrected chi connectivity index (χ2v) is 5.25. The second kappa shape index (κ2) is 5.12. The van der Waals surface area contributed by atoms with Gasteiger partial charge in [-0.15, -0.1) is 11.3 Å². The van der Waals surface area contributed by atoms with E-state index in [2.05, 4.69) is 4.98 Å². The molecule has 5 nitrogen and oxygen atoms in total. The predicted octanol–water partition coefficient (Wildman–Crippen LogP) is 0.699. The van der Waals surface area contributed by atoms with Gasteiger partial charge in [0.25, 0.3) is 0 Å². The summed E-state index contributed by atoms with van der Waals surface area (Å²) < 4.78 is 5.02. The molecular weight excluding hydrogens is 238 g/mol. The van der Waals surface area contributed by atoms with Crippen molar-refractivity contribution in [2.75, 3.05) is 20.3 Å². The van der Waals surface area contributed by atoms with Gasteiger partial charge in [0, 0.05) is 31.5 Å². The molecule has 94 valence electrons. The Morgan fingerprint density at radius 1 is 1.71 bits per heavy atom. The number of aryl methyl sites for hydroxylation is 1. The van der Waals surface area contributed by atoms with Crippen molar-refractivity contribution in [1.82, 2.24) is 9.88 Å². The lowest BCUT2D eigenvalue weighted by atomic mass is 10.1. The maximum absolute atomic E-state index is 11.8. The third kappa shape index (κ3) is 2.48. The Kier molecular flexibility index (Phi) is 3.76. The van der Waals surface area contributed by atoms with Crippen LogP contribution in [0.2, 0.25) is 0 Å². The summed E-state index contributed by atoms with van der Waals surface area (Å²) in [4.78, 5) is 18.1. The number of rotatable bonds is 4. The lowest BCUT2D eigenvalue weighted by molar-refractivity contribution is -0.129. The molecule has 2 N–H and O–H groups in total. The SMILES string of the molecule is COCCN1C(=O)CC(N)C1c1csc(C)n1. The van der Waals surface area contributed by atoms with Gasteiger partial charge in [0.05, 0.1) is 23.4 Å². The van der Waals surface area contributed by atoms with Crippen LogP contribution in [-0.4, -0.2) is 42.1 Å². The molecule has 0 bridgehead atoms. The fourth-order valence-electron chi connectivity index (χ4n) is 2.17. The van der Waals surface area contributed by atoms with E-state index >= 15 is 0 Å². The molecule has 17 heavy (non-hydrogen) atoms. The Balaban J connectivity index is 2.19. The zero-order valence-corrected chi connectivity index (χ0v) is 10.9. The van der Waals surface area contributed by atoms with Crippen LogP contribution >= 0.6 is 11.3 Å². The molecule has 1 fully saturated rings. The van der Waals surface area contributed by atoms with Gasteiger partial charge in [0.15, 0.2) is 0 Å². The molecule has 0 aromatic carbocycles.